The Labute approximate surface area is 138 Å². The van der Waals surface area contributed by atoms with Gasteiger partial charge in [-0.3, -0.25) is 9.59 Å². The van der Waals surface area contributed by atoms with Gasteiger partial charge in [0.15, 0.2) is 0 Å². The predicted molar refractivity (Wildman–Crippen MR) is 93.5 cm³/mol. The molecule has 1 aromatic carbocycles. The number of amides is 2. The minimum Gasteiger partial charge on any atom is -0.377 e. The van der Waals surface area contributed by atoms with E-state index in [9.17, 15) is 9.59 Å². The molecule has 5 heteroatoms. The molecule has 2 rings (SSSR count). The average Bonchev–Trinajstić information content (AvgIpc) is 3.30. The average molecular weight is 317 g/mol. The topological polar surface area (TPSA) is 52.7 Å². The first kappa shape index (κ1) is 17.3. The summed E-state index contributed by atoms with van der Waals surface area (Å²) in [5.74, 6) is 0.754. The number of carbonyl (C=O) groups is 2. The Morgan fingerprint density at radius 1 is 1.26 bits per heavy atom. The first-order valence-corrected chi connectivity index (χ1v) is 8.26. The van der Waals surface area contributed by atoms with Crippen LogP contribution in [0.2, 0.25) is 0 Å². The quantitative estimate of drug-likeness (QED) is 0.841. The Kier molecular flexibility index (Phi) is 5.64. The van der Waals surface area contributed by atoms with Gasteiger partial charge >= 0.3 is 0 Å². The summed E-state index contributed by atoms with van der Waals surface area (Å²) in [5, 5.41) is 2.89. The zero-order valence-electron chi connectivity index (χ0n) is 14.6. The molecule has 23 heavy (non-hydrogen) atoms. The van der Waals surface area contributed by atoms with Crippen molar-refractivity contribution in [2.45, 2.75) is 39.7 Å². The lowest BCUT2D eigenvalue weighted by atomic mass is 10.1. The molecule has 0 unspecified atom stereocenters. The number of nitrogens with one attached hydrogen (secondary N) is 1. The number of anilines is 2. The van der Waals surface area contributed by atoms with Crippen molar-refractivity contribution in [1.82, 2.24) is 4.90 Å². The number of hydrogen-bond donors (Lipinski definition) is 1. The fourth-order valence-electron chi connectivity index (χ4n) is 2.60. The van der Waals surface area contributed by atoms with Gasteiger partial charge in [-0.1, -0.05) is 6.92 Å². The molecule has 0 saturated heterocycles. The molecule has 0 heterocycles. The van der Waals surface area contributed by atoms with Gasteiger partial charge in [-0.05, 0) is 42.5 Å². The lowest BCUT2D eigenvalue weighted by Gasteiger charge is -2.25. The third-order valence-electron chi connectivity index (χ3n) is 4.15. The molecule has 1 fully saturated rings. The Morgan fingerprint density at radius 3 is 2.48 bits per heavy atom. The normalized spacial score (nSPS) is 13.6. The molecule has 1 aliphatic rings. The highest BCUT2D eigenvalue weighted by atomic mass is 16.2. The van der Waals surface area contributed by atoms with Crippen molar-refractivity contribution in [2.24, 2.45) is 5.92 Å². The van der Waals surface area contributed by atoms with Crippen LogP contribution in [0.1, 0.15) is 38.7 Å². The van der Waals surface area contributed by atoms with Crippen LogP contribution in [-0.4, -0.2) is 37.4 Å². The summed E-state index contributed by atoms with van der Waals surface area (Å²) in [6.45, 7) is 4.86. The molecule has 2 amide bonds. The SMILES string of the molecule is CCC(=O)Nc1ccc(N(C)C)c(CN(CC2CC2)C(C)=O)c1. The second kappa shape index (κ2) is 7.49. The lowest BCUT2D eigenvalue weighted by Crippen LogP contribution is -2.31. The summed E-state index contributed by atoms with van der Waals surface area (Å²) in [7, 11) is 3.98. The first-order valence-electron chi connectivity index (χ1n) is 8.26. The molecule has 1 N–H and O–H groups in total. The van der Waals surface area contributed by atoms with Crippen molar-refractivity contribution in [3.8, 4) is 0 Å². The van der Waals surface area contributed by atoms with E-state index in [1.807, 2.05) is 49.0 Å². The summed E-state index contributed by atoms with van der Waals surface area (Å²) in [4.78, 5) is 27.5. The minimum atomic E-state index is -0.00467. The van der Waals surface area contributed by atoms with Gasteiger partial charge < -0.3 is 15.1 Å². The van der Waals surface area contributed by atoms with Gasteiger partial charge in [-0.2, -0.15) is 0 Å². The van der Waals surface area contributed by atoms with E-state index >= 15 is 0 Å². The van der Waals surface area contributed by atoms with Crippen LogP contribution >= 0.6 is 0 Å². The Bertz CT molecular complexity index is 580. The number of rotatable bonds is 7. The van der Waals surface area contributed by atoms with Crippen LogP contribution in [0.3, 0.4) is 0 Å². The Morgan fingerprint density at radius 2 is 1.96 bits per heavy atom. The van der Waals surface area contributed by atoms with Gasteiger partial charge in [0.05, 0.1) is 0 Å². The highest BCUT2D eigenvalue weighted by Gasteiger charge is 2.26. The van der Waals surface area contributed by atoms with Gasteiger partial charge in [0.25, 0.3) is 0 Å². The summed E-state index contributed by atoms with van der Waals surface area (Å²) in [5.41, 5.74) is 2.91. The maximum absolute atomic E-state index is 11.9. The van der Waals surface area contributed by atoms with Crippen LogP contribution in [0.15, 0.2) is 18.2 Å². The van der Waals surface area contributed by atoms with Crippen molar-refractivity contribution in [2.75, 3.05) is 30.9 Å². The zero-order valence-corrected chi connectivity index (χ0v) is 14.6. The second-order valence-electron chi connectivity index (χ2n) is 6.48. The fourth-order valence-corrected chi connectivity index (χ4v) is 2.60. The van der Waals surface area contributed by atoms with E-state index in [-0.39, 0.29) is 11.8 Å². The van der Waals surface area contributed by atoms with Crippen LogP contribution in [-0.2, 0) is 16.1 Å². The van der Waals surface area contributed by atoms with E-state index in [4.69, 9.17) is 0 Å². The van der Waals surface area contributed by atoms with E-state index in [1.54, 1.807) is 6.92 Å². The summed E-state index contributed by atoms with van der Waals surface area (Å²) in [6, 6.07) is 5.88. The second-order valence-corrected chi connectivity index (χ2v) is 6.48. The number of hydrogen-bond acceptors (Lipinski definition) is 3. The van der Waals surface area contributed by atoms with E-state index in [2.05, 4.69) is 5.32 Å². The third-order valence-corrected chi connectivity index (χ3v) is 4.15. The smallest absolute Gasteiger partial charge is 0.224 e. The molecule has 1 aliphatic carbocycles. The van der Waals surface area contributed by atoms with E-state index < -0.39 is 0 Å². The molecule has 0 aromatic heterocycles. The molecule has 1 saturated carbocycles. The van der Waals surface area contributed by atoms with Crippen molar-refractivity contribution < 1.29 is 9.59 Å². The van der Waals surface area contributed by atoms with E-state index in [1.165, 1.54) is 12.8 Å². The molecular formula is C18H27N3O2. The predicted octanol–water partition coefficient (Wildman–Crippen LogP) is 2.86. The Balaban J connectivity index is 2.22. The molecule has 0 aliphatic heterocycles. The molecule has 1 aromatic rings. The van der Waals surface area contributed by atoms with Crippen LogP contribution in [0.5, 0.6) is 0 Å². The molecular weight excluding hydrogens is 290 g/mol. The maximum Gasteiger partial charge on any atom is 0.224 e. The van der Waals surface area contributed by atoms with Crippen LogP contribution in [0.4, 0.5) is 11.4 Å². The van der Waals surface area contributed by atoms with Gasteiger partial charge in [0, 0.05) is 51.9 Å². The van der Waals surface area contributed by atoms with Crippen LogP contribution in [0.25, 0.3) is 0 Å². The minimum absolute atomic E-state index is 0.00467. The Hall–Kier alpha value is -2.04. The standard InChI is InChI=1S/C18H27N3O2/c1-5-18(23)19-16-8-9-17(20(3)4)15(10-16)12-21(13(2)22)11-14-6-7-14/h8-10,14H,5-7,11-12H2,1-4H3,(H,19,23). The number of nitrogens with zero attached hydrogens (tertiary/aromatic N) is 2. The van der Waals surface area contributed by atoms with Gasteiger partial charge in [0.1, 0.15) is 0 Å². The fraction of sp³-hybridized carbons (Fsp3) is 0.556. The molecule has 0 atom stereocenters. The highest BCUT2D eigenvalue weighted by Crippen LogP contribution is 2.31. The van der Waals surface area contributed by atoms with Gasteiger partial charge in [0.2, 0.25) is 11.8 Å². The summed E-state index contributed by atoms with van der Waals surface area (Å²) >= 11 is 0. The first-order chi connectivity index (χ1) is 10.9. The van der Waals surface area contributed by atoms with Gasteiger partial charge in [-0.25, -0.2) is 0 Å². The largest absolute Gasteiger partial charge is 0.377 e. The van der Waals surface area contributed by atoms with Crippen molar-refractivity contribution in [3.63, 3.8) is 0 Å². The molecule has 126 valence electrons. The van der Waals surface area contributed by atoms with Crippen molar-refractivity contribution in [1.29, 1.82) is 0 Å². The van der Waals surface area contributed by atoms with E-state index in [0.29, 0.717) is 18.9 Å². The summed E-state index contributed by atoms with van der Waals surface area (Å²) < 4.78 is 0. The monoisotopic (exact) mass is 317 g/mol. The number of benzene rings is 1. The molecule has 0 spiro atoms. The summed E-state index contributed by atoms with van der Waals surface area (Å²) in [6.07, 6.45) is 2.89. The van der Waals surface area contributed by atoms with E-state index in [0.717, 1.165) is 23.5 Å². The van der Waals surface area contributed by atoms with Crippen LogP contribution < -0.4 is 10.2 Å². The number of carbonyl (C=O) groups excluding carboxylic acids is 2. The van der Waals surface area contributed by atoms with Crippen molar-refractivity contribution >= 4 is 23.2 Å². The third kappa shape index (κ3) is 4.98. The molecule has 0 radical (unpaired) electrons. The van der Waals surface area contributed by atoms with Crippen LogP contribution in [0, 0.1) is 5.92 Å². The highest BCUT2D eigenvalue weighted by molar-refractivity contribution is 5.90. The van der Waals surface area contributed by atoms with Gasteiger partial charge in [-0.15, -0.1) is 0 Å². The lowest BCUT2D eigenvalue weighted by molar-refractivity contribution is -0.129. The molecule has 5 nitrogen and oxygen atoms in total. The zero-order chi connectivity index (χ0) is 17.0. The molecule has 0 bridgehead atoms. The maximum atomic E-state index is 11.9. The van der Waals surface area contributed by atoms with Crippen molar-refractivity contribution in [3.05, 3.63) is 23.8 Å².